The lowest BCUT2D eigenvalue weighted by Crippen LogP contribution is -1.97. The molecule has 3 aromatic carbocycles. The number of pyridine rings is 1. The second-order valence-electron chi connectivity index (χ2n) is 7.60. The van der Waals surface area contributed by atoms with E-state index in [2.05, 4.69) is 91.9 Å². The highest BCUT2D eigenvalue weighted by Gasteiger charge is 2.16. The van der Waals surface area contributed by atoms with E-state index in [-0.39, 0.29) is 0 Å². The summed E-state index contributed by atoms with van der Waals surface area (Å²) >= 11 is 0. The van der Waals surface area contributed by atoms with Crippen molar-refractivity contribution in [2.24, 2.45) is 0 Å². The van der Waals surface area contributed by atoms with Crippen molar-refractivity contribution in [1.82, 2.24) is 9.61 Å². The number of hydrogen-bond donors (Lipinski definition) is 0. The Balaban J connectivity index is 2.11. The van der Waals surface area contributed by atoms with E-state index in [0.717, 1.165) is 5.52 Å². The van der Waals surface area contributed by atoms with Gasteiger partial charge >= 0.3 is 0 Å². The maximum atomic E-state index is 4.66. The van der Waals surface area contributed by atoms with Gasteiger partial charge in [-0.25, -0.2) is 4.52 Å². The first-order valence-electron chi connectivity index (χ1n) is 9.42. The molecule has 0 spiro atoms. The predicted molar refractivity (Wildman–Crippen MR) is 115 cm³/mol. The second-order valence-corrected chi connectivity index (χ2v) is 7.60. The van der Waals surface area contributed by atoms with E-state index >= 15 is 0 Å². The molecular weight excluding hydrogens is 328 g/mol. The van der Waals surface area contributed by atoms with Crippen LogP contribution in [0.4, 0.5) is 0 Å². The van der Waals surface area contributed by atoms with Gasteiger partial charge in [0.25, 0.3) is 0 Å². The van der Waals surface area contributed by atoms with Crippen LogP contribution >= 0.6 is 0 Å². The molecule has 0 amide bonds. The Labute approximate surface area is 159 Å². The van der Waals surface area contributed by atoms with Crippen molar-refractivity contribution < 1.29 is 0 Å². The van der Waals surface area contributed by atoms with Gasteiger partial charge in [0.05, 0.1) is 17.2 Å². The molecule has 0 saturated heterocycles. The molecule has 132 valence electrons. The molecule has 0 atom stereocenters. The topological polar surface area (TPSA) is 17.3 Å². The molecular formula is C25H22N2. The molecule has 0 fully saturated rings. The quantitative estimate of drug-likeness (QED) is 0.314. The first kappa shape index (κ1) is 16.1. The third-order valence-electron chi connectivity index (χ3n) is 5.67. The van der Waals surface area contributed by atoms with E-state index in [1.165, 1.54) is 55.1 Å². The zero-order valence-electron chi connectivity index (χ0n) is 16.2. The van der Waals surface area contributed by atoms with Crippen molar-refractivity contribution in [2.75, 3.05) is 0 Å². The lowest BCUT2D eigenvalue weighted by atomic mass is 9.89. The number of nitrogens with zero attached hydrogens (tertiary/aromatic N) is 2. The zero-order valence-corrected chi connectivity index (χ0v) is 16.2. The maximum absolute atomic E-state index is 4.66. The van der Waals surface area contributed by atoms with E-state index in [4.69, 9.17) is 0 Å². The second kappa shape index (κ2) is 5.68. The van der Waals surface area contributed by atoms with E-state index in [0.29, 0.717) is 0 Å². The maximum Gasteiger partial charge on any atom is 0.0750 e. The van der Waals surface area contributed by atoms with E-state index in [9.17, 15) is 0 Å². The lowest BCUT2D eigenvalue weighted by Gasteiger charge is -2.17. The summed E-state index contributed by atoms with van der Waals surface area (Å²) in [5, 5.41) is 8.55. The molecule has 0 aliphatic heterocycles. The normalized spacial score (nSPS) is 11.7. The minimum atomic E-state index is 1.16. The summed E-state index contributed by atoms with van der Waals surface area (Å²) < 4.78 is 2.09. The van der Waals surface area contributed by atoms with Gasteiger partial charge in [0.1, 0.15) is 0 Å². The Bertz CT molecular complexity index is 1340. The highest BCUT2D eigenvalue weighted by molar-refractivity contribution is 6.18. The van der Waals surface area contributed by atoms with Crippen molar-refractivity contribution in [1.29, 1.82) is 0 Å². The monoisotopic (exact) mass is 350 g/mol. The van der Waals surface area contributed by atoms with Crippen molar-refractivity contribution in [2.45, 2.75) is 27.7 Å². The van der Waals surface area contributed by atoms with Crippen LogP contribution in [0.1, 0.15) is 22.3 Å². The smallest absolute Gasteiger partial charge is 0.0750 e. The number of hydrogen-bond acceptors (Lipinski definition) is 1. The van der Waals surface area contributed by atoms with Gasteiger partial charge in [-0.2, -0.15) is 5.10 Å². The van der Waals surface area contributed by atoms with Crippen LogP contribution in [0.3, 0.4) is 0 Å². The van der Waals surface area contributed by atoms with E-state index in [1.807, 2.05) is 6.20 Å². The van der Waals surface area contributed by atoms with Gasteiger partial charge in [0, 0.05) is 10.8 Å². The molecule has 2 heteroatoms. The standard InChI is InChI=1S/C25H22N2/c1-15-13-18(4)24-20(14-15)25-19(23-16(2)7-5-8-17(23)3)9-6-10-21(25)27-22(24)11-12-26-27/h5-14H,1-4H3. The number of benzene rings is 3. The van der Waals surface area contributed by atoms with Gasteiger partial charge in [-0.05, 0) is 73.0 Å². The summed E-state index contributed by atoms with van der Waals surface area (Å²) in [6.45, 7) is 8.79. The third kappa shape index (κ3) is 2.23. The summed E-state index contributed by atoms with van der Waals surface area (Å²) in [5.74, 6) is 0. The van der Waals surface area contributed by atoms with Crippen molar-refractivity contribution >= 4 is 27.2 Å². The van der Waals surface area contributed by atoms with Gasteiger partial charge in [-0.15, -0.1) is 0 Å². The predicted octanol–water partition coefficient (Wildman–Crippen LogP) is 6.54. The Morgan fingerprint density at radius 2 is 1.41 bits per heavy atom. The molecule has 2 nitrogen and oxygen atoms in total. The Morgan fingerprint density at radius 3 is 2.19 bits per heavy atom. The number of rotatable bonds is 1. The average molecular weight is 350 g/mol. The fourth-order valence-corrected chi connectivity index (χ4v) is 4.64. The Morgan fingerprint density at radius 1 is 0.704 bits per heavy atom. The first-order valence-corrected chi connectivity index (χ1v) is 9.42. The largest absolute Gasteiger partial charge is 0.232 e. The van der Waals surface area contributed by atoms with Gasteiger partial charge < -0.3 is 0 Å². The van der Waals surface area contributed by atoms with Gasteiger partial charge in [-0.3, -0.25) is 0 Å². The molecule has 2 heterocycles. The molecule has 2 aromatic heterocycles. The molecule has 27 heavy (non-hydrogen) atoms. The summed E-state index contributed by atoms with van der Waals surface area (Å²) in [6, 6.07) is 19.8. The molecule has 0 radical (unpaired) electrons. The Hall–Kier alpha value is -3.13. The van der Waals surface area contributed by atoms with Crippen molar-refractivity contribution in [3.8, 4) is 11.1 Å². The molecule has 0 aliphatic carbocycles. The average Bonchev–Trinajstić information content (AvgIpc) is 3.11. The highest BCUT2D eigenvalue weighted by atomic mass is 15.2. The van der Waals surface area contributed by atoms with Crippen LogP contribution in [0.5, 0.6) is 0 Å². The van der Waals surface area contributed by atoms with Crippen LogP contribution < -0.4 is 0 Å². The fourth-order valence-electron chi connectivity index (χ4n) is 4.64. The summed E-state index contributed by atoms with van der Waals surface area (Å²) in [5.41, 5.74) is 10.2. The van der Waals surface area contributed by atoms with Gasteiger partial charge in [-0.1, -0.05) is 48.0 Å². The van der Waals surface area contributed by atoms with Crippen LogP contribution in [-0.2, 0) is 0 Å². The molecule has 5 rings (SSSR count). The molecule has 0 saturated carbocycles. The highest BCUT2D eigenvalue weighted by Crippen LogP contribution is 2.39. The lowest BCUT2D eigenvalue weighted by molar-refractivity contribution is 1.01. The Kier molecular flexibility index (Phi) is 3.38. The van der Waals surface area contributed by atoms with Gasteiger partial charge in [0.2, 0.25) is 0 Å². The fraction of sp³-hybridized carbons (Fsp3) is 0.160. The molecule has 0 N–H and O–H groups in total. The number of fused-ring (bicyclic) bond motifs is 6. The van der Waals surface area contributed by atoms with Crippen LogP contribution in [0.15, 0.2) is 60.8 Å². The van der Waals surface area contributed by atoms with E-state index < -0.39 is 0 Å². The van der Waals surface area contributed by atoms with E-state index in [1.54, 1.807) is 0 Å². The number of aromatic nitrogens is 2. The minimum absolute atomic E-state index is 1.16. The molecule has 0 unspecified atom stereocenters. The minimum Gasteiger partial charge on any atom is -0.232 e. The van der Waals surface area contributed by atoms with Crippen molar-refractivity contribution in [3.05, 3.63) is 83.0 Å². The SMILES string of the molecule is Cc1cc(C)c2c(c1)c1c(-c3c(C)cccc3C)cccc1n1nccc21. The van der Waals surface area contributed by atoms with Crippen molar-refractivity contribution in [3.63, 3.8) is 0 Å². The first-order chi connectivity index (χ1) is 13.1. The van der Waals surface area contributed by atoms with Crippen LogP contribution in [-0.4, -0.2) is 9.61 Å². The molecule has 5 aromatic rings. The van der Waals surface area contributed by atoms with Gasteiger partial charge in [0.15, 0.2) is 0 Å². The molecule has 0 bridgehead atoms. The summed E-state index contributed by atoms with van der Waals surface area (Å²) in [4.78, 5) is 0. The van der Waals surface area contributed by atoms with Crippen LogP contribution in [0.2, 0.25) is 0 Å². The van der Waals surface area contributed by atoms with Crippen LogP contribution in [0, 0.1) is 27.7 Å². The third-order valence-corrected chi connectivity index (χ3v) is 5.67. The summed E-state index contributed by atoms with van der Waals surface area (Å²) in [7, 11) is 0. The number of aryl methyl sites for hydroxylation is 4. The van der Waals surface area contributed by atoms with Crippen LogP contribution in [0.25, 0.3) is 38.3 Å². The zero-order chi connectivity index (χ0) is 18.7. The molecule has 0 aliphatic rings. The summed E-state index contributed by atoms with van der Waals surface area (Å²) in [6.07, 6.45) is 1.90.